The van der Waals surface area contributed by atoms with E-state index in [0.717, 1.165) is 12.6 Å². The fraction of sp³-hybridized carbons (Fsp3) is 1.00. The molecule has 1 aliphatic carbocycles. The van der Waals surface area contributed by atoms with Crippen molar-refractivity contribution in [3.05, 3.63) is 0 Å². The van der Waals surface area contributed by atoms with E-state index in [-0.39, 0.29) is 0 Å². The minimum atomic E-state index is 0.504. The molecule has 3 nitrogen and oxygen atoms in total. The monoisotopic (exact) mass is 198 g/mol. The van der Waals surface area contributed by atoms with Crippen molar-refractivity contribution in [3.8, 4) is 0 Å². The van der Waals surface area contributed by atoms with Crippen LogP contribution in [0.25, 0.3) is 0 Å². The fourth-order valence-corrected chi connectivity index (χ4v) is 2.58. The molecule has 1 saturated heterocycles. The fourth-order valence-electron chi connectivity index (χ4n) is 2.58. The maximum absolute atomic E-state index is 5.36. The van der Waals surface area contributed by atoms with Crippen LogP contribution < -0.4 is 10.6 Å². The van der Waals surface area contributed by atoms with Crippen molar-refractivity contribution in [1.82, 2.24) is 10.6 Å². The zero-order valence-corrected chi connectivity index (χ0v) is 9.09. The third kappa shape index (κ3) is 2.69. The summed E-state index contributed by atoms with van der Waals surface area (Å²) >= 11 is 0. The predicted octanol–water partition coefficient (Wildman–Crippen LogP) is 0.895. The average Bonchev–Trinajstić information content (AvgIpc) is 2.86. The van der Waals surface area contributed by atoms with Crippen LogP contribution in [0, 0.1) is 0 Å². The highest BCUT2D eigenvalue weighted by molar-refractivity contribution is 4.84. The van der Waals surface area contributed by atoms with Crippen molar-refractivity contribution >= 4 is 0 Å². The molecule has 14 heavy (non-hydrogen) atoms. The molecular formula is C11H22N2O. The van der Waals surface area contributed by atoms with Crippen LogP contribution in [0.4, 0.5) is 0 Å². The Morgan fingerprint density at radius 1 is 1.36 bits per heavy atom. The largest absolute Gasteiger partial charge is 0.381 e. The van der Waals surface area contributed by atoms with Crippen LogP contribution in [-0.2, 0) is 4.74 Å². The van der Waals surface area contributed by atoms with E-state index >= 15 is 0 Å². The van der Waals surface area contributed by atoms with Crippen LogP contribution in [0.2, 0.25) is 0 Å². The topological polar surface area (TPSA) is 33.3 Å². The van der Waals surface area contributed by atoms with Gasteiger partial charge in [0.1, 0.15) is 0 Å². The SMILES string of the molecule is COC1CCC(NCC2CCCN2)C1. The van der Waals surface area contributed by atoms with E-state index in [4.69, 9.17) is 4.74 Å². The van der Waals surface area contributed by atoms with Crippen molar-refractivity contribution in [2.24, 2.45) is 0 Å². The Morgan fingerprint density at radius 3 is 2.93 bits per heavy atom. The lowest BCUT2D eigenvalue weighted by atomic mass is 10.2. The molecule has 3 unspecified atom stereocenters. The van der Waals surface area contributed by atoms with E-state index in [1.807, 2.05) is 7.11 Å². The second-order valence-corrected chi connectivity index (χ2v) is 4.57. The highest BCUT2D eigenvalue weighted by Gasteiger charge is 2.24. The molecule has 0 spiro atoms. The Balaban J connectivity index is 1.61. The Bertz CT molecular complexity index is 169. The molecule has 1 heterocycles. The molecule has 82 valence electrons. The number of hydrogen-bond donors (Lipinski definition) is 2. The molecular weight excluding hydrogens is 176 g/mol. The van der Waals surface area contributed by atoms with Gasteiger partial charge in [-0.2, -0.15) is 0 Å². The van der Waals surface area contributed by atoms with Gasteiger partial charge in [-0.05, 0) is 38.6 Å². The van der Waals surface area contributed by atoms with E-state index in [2.05, 4.69) is 10.6 Å². The number of methoxy groups -OCH3 is 1. The molecule has 2 fully saturated rings. The molecule has 0 aromatic heterocycles. The molecule has 0 aromatic rings. The first kappa shape index (κ1) is 10.4. The smallest absolute Gasteiger partial charge is 0.0586 e. The molecule has 2 N–H and O–H groups in total. The van der Waals surface area contributed by atoms with Gasteiger partial charge in [0.25, 0.3) is 0 Å². The highest BCUT2D eigenvalue weighted by atomic mass is 16.5. The van der Waals surface area contributed by atoms with Gasteiger partial charge in [0.2, 0.25) is 0 Å². The molecule has 3 atom stereocenters. The number of rotatable bonds is 4. The van der Waals surface area contributed by atoms with Gasteiger partial charge in [-0.1, -0.05) is 0 Å². The second-order valence-electron chi connectivity index (χ2n) is 4.57. The summed E-state index contributed by atoms with van der Waals surface area (Å²) in [6, 6.07) is 1.42. The maximum atomic E-state index is 5.36. The quantitative estimate of drug-likeness (QED) is 0.704. The summed E-state index contributed by atoms with van der Waals surface area (Å²) in [6.07, 6.45) is 6.90. The number of nitrogens with one attached hydrogen (secondary N) is 2. The molecule has 1 saturated carbocycles. The van der Waals surface area contributed by atoms with Gasteiger partial charge in [0.05, 0.1) is 6.10 Å². The summed E-state index contributed by atoms with van der Waals surface area (Å²) in [7, 11) is 1.82. The summed E-state index contributed by atoms with van der Waals surface area (Å²) in [5, 5.41) is 7.16. The highest BCUT2D eigenvalue weighted by Crippen LogP contribution is 2.21. The van der Waals surface area contributed by atoms with Crippen molar-refractivity contribution < 1.29 is 4.74 Å². The Morgan fingerprint density at radius 2 is 2.29 bits per heavy atom. The van der Waals surface area contributed by atoms with Gasteiger partial charge in [-0.3, -0.25) is 0 Å². The molecule has 1 aliphatic heterocycles. The maximum Gasteiger partial charge on any atom is 0.0586 e. The summed E-state index contributed by atoms with van der Waals surface area (Å²) in [5.41, 5.74) is 0. The first-order valence-corrected chi connectivity index (χ1v) is 5.88. The predicted molar refractivity (Wildman–Crippen MR) is 57.5 cm³/mol. The standard InChI is InChI=1S/C11H22N2O/c1-14-11-5-4-9(7-11)13-8-10-3-2-6-12-10/h9-13H,2-8H2,1H3. The van der Waals surface area contributed by atoms with E-state index < -0.39 is 0 Å². The first-order valence-electron chi connectivity index (χ1n) is 5.88. The average molecular weight is 198 g/mol. The van der Waals surface area contributed by atoms with Crippen LogP contribution >= 0.6 is 0 Å². The molecule has 2 aliphatic rings. The van der Waals surface area contributed by atoms with Gasteiger partial charge >= 0.3 is 0 Å². The Labute approximate surface area is 86.6 Å². The molecule has 3 heteroatoms. The van der Waals surface area contributed by atoms with E-state index in [1.54, 1.807) is 0 Å². The summed E-state index contributed by atoms with van der Waals surface area (Å²) in [5.74, 6) is 0. The number of ether oxygens (including phenoxy) is 1. The summed E-state index contributed by atoms with van der Waals surface area (Å²) in [4.78, 5) is 0. The first-order chi connectivity index (χ1) is 6.88. The third-order valence-electron chi connectivity index (χ3n) is 3.53. The third-order valence-corrected chi connectivity index (χ3v) is 3.53. The van der Waals surface area contributed by atoms with E-state index in [0.29, 0.717) is 12.1 Å². The van der Waals surface area contributed by atoms with E-state index in [1.165, 1.54) is 38.6 Å². The lowest BCUT2D eigenvalue weighted by molar-refractivity contribution is 0.107. The minimum absolute atomic E-state index is 0.504. The van der Waals surface area contributed by atoms with Gasteiger partial charge in [0, 0.05) is 25.7 Å². The summed E-state index contributed by atoms with van der Waals surface area (Å²) in [6.45, 7) is 2.35. The van der Waals surface area contributed by atoms with Crippen LogP contribution in [0.1, 0.15) is 32.1 Å². The minimum Gasteiger partial charge on any atom is -0.381 e. The molecule has 0 aromatic carbocycles. The van der Waals surface area contributed by atoms with E-state index in [9.17, 15) is 0 Å². The van der Waals surface area contributed by atoms with Gasteiger partial charge in [-0.15, -0.1) is 0 Å². The van der Waals surface area contributed by atoms with Crippen LogP contribution in [0.5, 0.6) is 0 Å². The molecule has 0 radical (unpaired) electrons. The Hall–Kier alpha value is -0.120. The lowest BCUT2D eigenvalue weighted by Crippen LogP contribution is -2.38. The van der Waals surface area contributed by atoms with Gasteiger partial charge in [0.15, 0.2) is 0 Å². The van der Waals surface area contributed by atoms with Gasteiger partial charge in [-0.25, -0.2) is 0 Å². The zero-order chi connectivity index (χ0) is 9.80. The van der Waals surface area contributed by atoms with Crippen molar-refractivity contribution in [1.29, 1.82) is 0 Å². The molecule has 2 rings (SSSR count). The van der Waals surface area contributed by atoms with Crippen LogP contribution in [-0.4, -0.2) is 38.4 Å². The van der Waals surface area contributed by atoms with Crippen molar-refractivity contribution in [3.63, 3.8) is 0 Å². The lowest BCUT2D eigenvalue weighted by Gasteiger charge is -2.16. The van der Waals surface area contributed by atoms with Crippen molar-refractivity contribution in [2.75, 3.05) is 20.2 Å². The van der Waals surface area contributed by atoms with Gasteiger partial charge < -0.3 is 15.4 Å². The second kappa shape index (κ2) is 5.10. The van der Waals surface area contributed by atoms with Crippen LogP contribution in [0.15, 0.2) is 0 Å². The van der Waals surface area contributed by atoms with Crippen LogP contribution in [0.3, 0.4) is 0 Å². The Kier molecular flexibility index (Phi) is 3.79. The molecule has 0 amide bonds. The summed E-state index contributed by atoms with van der Waals surface area (Å²) < 4.78 is 5.36. The zero-order valence-electron chi connectivity index (χ0n) is 9.09. The number of hydrogen-bond acceptors (Lipinski definition) is 3. The van der Waals surface area contributed by atoms with Crippen molar-refractivity contribution in [2.45, 2.75) is 50.3 Å². The molecule has 0 bridgehead atoms. The normalized spacial score (nSPS) is 37.9.